The van der Waals surface area contributed by atoms with Crippen LogP contribution in [-0.4, -0.2) is 59.4 Å². The van der Waals surface area contributed by atoms with Crippen LogP contribution in [0.25, 0.3) is 270 Å². The highest BCUT2D eigenvalue weighted by Crippen LogP contribution is 2.49. The number of fused-ring (bicyclic) bond motifs is 27. The molecule has 10 aromatic heterocycles. The van der Waals surface area contributed by atoms with Crippen molar-refractivity contribution in [3.05, 3.63) is 474 Å². The van der Waals surface area contributed by atoms with E-state index in [1.165, 1.54) is 16.2 Å². The summed E-state index contributed by atoms with van der Waals surface area (Å²) in [5, 5.41) is 32.4. The van der Waals surface area contributed by atoms with Gasteiger partial charge in [0, 0.05) is 174 Å². The summed E-state index contributed by atoms with van der Waals surface area (Å²) in [6.45, 7) is 0. The van der Waals surface area contributed by atoms with E-state index in [1.807, 2.05) is 147 Å². The zero-order valence-electron chi connectivity index (χ0n) is 75.8. The molecule has 0 saturated carbocycles. The van der Waals surface area contributed by atoms with E-state index in [0.29, 0.717) is 23.0 Å². The third kappa shape index (κ3) is 14.5. The Bertz CT molecular complexity index is 9490. The standard InChI is InChI=1S/C45H26N4.C42H26N4.C41H25N5/c46-27-28-19-21-40-37(24-28)38-26-30(20-22-41(38)49(40)32-12-2-1-3-13-32)29-10-8-11-31(25-29)44-43-33-14-4-5-15-34(33)45-36(17-9-23-47-45)42(43)35-16-6-7-18-39(35)48-44;1-2-10-35-34(9-1)40-39(37-12-6-18-45-42(35)37)36-11-3-4-13-38(36)46-41(40)30-8-5-7-29(23-30)33-25-31(27-14-19-43-20-15-27)24-32(26-33)28-16-21-44-22-17-28;1-3-13-26(14-4-1)39-44-40(27-15-5-2-6-16-27)46-41(45-39)29-18-11-17-28(25-29)37-36-33-22-12-24-42-38(33)31-20-8-7-19-30(31)35(36)32-21-9-10-23-34(32)43-37/h1-26H;1-26H;1-25H. The summed E-state index contributed by atoms with van der Waals surface area (Å²) in [6, 6.07) is 150. The Morgan fingerprint density at radius 1 is 0.184 bits per heavy atom. The number of nitrogens with zero attached hydrogens (tertiary/aromatic N) is 13. The lowest BCUT2D eigenvalue weighted by Gasteiger charge is -2.16. The van der Waals surface area contributed by atoms with Crippen molar-refractivity contribution in [2.24, 2.45) is 0 Å². The quantitative estimate of drug-likeness (QED) is 0.112. The minimum absolute atomic E-state index is 0.608. The van der Waals surface area contributed by atoms with Gasteiger partial charge in [-0.1, -0.05) is 285 Å². The zero-order valence-corrected chi connectivity index (χ0v) is 75.8. The fourth-order valence-corrected chi connectivity index (χ4v) is 20.9. The van der Waals surface area contributed by atoms with E-state index in [0.717, 1.165) is 236 Å². The first-order valence-electron chi connectivity index (χ1n) is 47.0. The predicted molar refractivity (Wildman–Crippen MR) is 579 cm³/mol. The topological polar surface area (TPSA) is 171 Å². The molecule has 0 bridgehead atoms. The summed E-state index contributed by atoms with van der Waals surface area (Å²) >= 11 is 0. The maximum Gasteiger partial charge on any atom is 0.164 e. The predicted octanol–water partition coefficient (Wildman–Crippen LogP) is 31.9. The maximum absolute atomic E-state index is 9.76. The molecule has 654 valence electrons. The molecule has 0 spiro atoms. The van der Waals surface area contributed by atoms with Gasteiger partial charge in [-0.15, -0.1) is 0 Å². The van der Waals surface area contributed by atoms with Crippen molar-refractivity contribution < 1.29 is 0 Å². The van der Waals surface area contributed by atoms with E-state index in [4.69, 9.17) is 44.9 Å². The molecule has 13 heteroatoms. The highest BCUT2D eigenvalue weighted by molar-refractivity contribution is 6.36. The van der Waals surface area contributed by atoms with E-state index in [1.54, 1.807) is 0 Å². The van der Waals surface area contributed by atoms with E-state index in [9.17, 15) is 5.26 Å². The van der Waals surface area contributed by atoms with Gasteiger partial charge in [0.2, 0.25) is 0 Å². The van der Waals surface area contributed by atoms with Crippen LogP contribution in [0, 0.1) is 11.3 Å². The number of para-hydroxylation sites is 4. The fourth-order valence-electron chi connectivity index (χ4n) is 20.9. The van der Waals surface area contributed by atoms with E-state index >= 15 is 0 Å². The second-order valence-electron chi connectivity index (χ2n) is 35.3. The lowest BCUT2D eigenvalue weighted by atomic mass is 9.90. The number of nitriles is 1. The summed E-state index contributed by atoms with van der Waals surface area (Å²) in [5.41, 5.74) is 27.5. The zero-order chi connectivity index (χ0) is 93.4. The molecule has 13 nitrogen and oxygen atoms in total. The van der Waals surface area contributed by atoms with Gasteiger partial charge in [-0.2, -0.15) is 5.26 Å². The molecule has 28 aromatic rings. The molecule has 0 aliphatic rings. The molecule has 0 radical (unpaired) electrons. The highest BCUT2D eigenvalue weighted by atomic mass is 15.0. The van der Waals surface area contributed by atoms with E-state index in [-0.39, 0.29) is 0 Å². The van der Waals surface area contributed by atoms with Crippen LogP contribution in [0.15, 0.2) is 468 Å². The molecule has 0 saturated heterocycles. The number of hydrogen-bond donors (Lipinski definition) is 0. The summed E-state index contributed by atoms with van der Waals surface area (Å²) in [5.74, 6) is 1.87. The molecule has 0 fully saturated rings. The minimum atomic E-state index is 0.608. The molecular formula is C128H77N13. The maximum atomic E-state index is 9.76. The molecule has 28 rings (SSSR count). The number of rotatable bonds is 11. The second-order valence-corrected chi connectivity index (χ2v) is 35.3. The SMILES string of the molecule is N#Cc1ccc2c(c1)c1cc(-c3cccc(-c4nc5ccccc5c5c6cccnc6c6ccccc6c45)c3)ccc1n2-c1ccccc1.c1cc(-c2cc(-c3ccncc3)cc(-c3ccncc3)c2)cc(-c2nc3ccccc3c3c4cccnc4c4ccccc4c23)c1.c1ccc(-c2nc(-c3ccccc3)nc(-c3cccc(-c4nc5ccccc5c5c6ccccc6c6ncccc6c45)c3)n2)cc1. The molecule has 0 amide bonds. The minimum Gasteiger partial charge on any atom is -0.309 e. The molecular weight excluding hydrogens is 1720 g/mol. The van der Waals surface area contributed by atoms with Crippen molar-refractivity contribution in [3.63, 3.8) is 0 Å². The highest BCUT2D eigenvalue weighted by Gasteiger charge is 2.26. The molecule has 0 N–H and O–H groups in total. The average Bonchev–Trinajstić information content (AvgIpc) is 1.14. The van der Waals surface area contributed by atoms with Gasteiger partial charge in [0.1, 0.15) is 0 Å². The Labute approximate surface area is 808 Å². The Morgan fingerprint density at radius 2 is 0.489 bits per heavy atom. The average molecular weight is 1800 g/mol. The molecule has 0 aliphatic carbocycles. The number of benzene rings is 18. The van der Waals surface area contributed by atoms with Crippen LogP contribution in [0.2, 0.25) is 0 Å². The second kappa shape index (κ2) is 34.8. The number of aromatic nitrogens is 12. The molecule has 0 aliphatic heterocycles. The molecule has 0 atom stereocenters. The van der Waals surface area contributed by atoms with Gasteiger partial charge in [-0.25, -0.2) is 29.9 Å². The van der Waals surface area contributed by atoms with Crippen LogP contribution in [0.5, 0.6) is 0 Å². The van der Waals surface area contributed by atoms with Crippen molar-refractivity contribution in [3.8, 4) is 124 Å². The summed E-state index contributed by atoms with van der Waals surface area (Å²) in [6.07, 6.45) is 13.0. The molecule has 18 aromatic carbocycles. The van der Waals surface area contributed by atoms with Crippen LogP contribution < -0.4 is 0 Å². The first-order valence-corrected chi connectivity index (χ1v) is 47.0. The van der Waals surface area contributed by atoms with E-state index in [2.05, 4.69) is 342 Å². The summed E-state index contributed by atoms with van der Waals surface area (Å²) in [7, 11) is 0. The number of hydrogen-bond acceptors (Lipinski definition) is 12. The first kappa shape index (κ1) is 82.3. The van der Waals surface area contributed by atoms with Gasteiger partial charge in [-0.05, 0) is 200 Å². The fraction of sp³-hybridized carbons (Fsp3) is 0. The van der Waals surface area contributed by atoms with Crippen LogP contribution in [0.1, 0.15) is 5.56 Å². The van der Waals surface area contributed by atoms with Gasteiger partial charge >= 0.3 is 0 Å². The van der Waals surface area contributed by atoms with Crippen molar-refractivity contribution in [1.29, 1.82) is 5.26 Å². The molecule has 0 unspecified atom stereocenters. The smallest absolute Gasteiger partial charge is 0.164 e. The first-order chi connectivity index (χ1) is 69.9. The Balaban J connectivity index is 0.000000109. The van der Waals surface area contributed by atoms with Crippen LogP contribution in [-0.2, 0) is 0 Å². The van der Waals surface area contributed by atoms with E-state index < -0.39 is 0 Å². The van der Waals surface area contributed by atoms with Crippen molar-refractivity contribution in [2.45, 2.75) is 0 Å². The Kier molecular flexibility index (Phi) is 20.3. The van der Waals surface area contributed by atoms with Crippen LogP contribution in [0.3, 0.4) is 0 Å². The lowest BCUT2D eigenvalue weighted by molar-refractivity contribution is 1.07. The van der Waals surface area contributed by atoms with Crippen molar-refractivity contribution in [2.75, 3.05) is 0 Å². The van der Waals surface area contributed by atoms with Gasteiger partial charge in [0.05, 0.1) is 72.8 Å². The van der Waals surface area contributed by atoms with Crippen LogP contribution >= 0.6 is 0 Å². The molecule has 10 heterocycles. The summed E-state index contributed by atoms with van der Waals surface area (Å²) < 4.78 is 2.28. The van der Waals surface area contributed by atoms with Gasteiger partial charge in [-0.3, -0.25) is 24.9 Å². The van der Waals surface area contributed by atoms with Gasteiger partial charge < -0.3 is 4.57 Å². The lowest BCUT2D eigenvalue weighted by Crippen LogP contribution is -2.00. The monoisotopic (exact) mass is 1800 g/mol. The van der Waals surface area contributed by atoms with Crippen molar-refractivity contribution >= 4 is 152 Å². The Morgan fingerprint density at radius 3 is 0.936 bits per heavy atom. The van der Waals surface area contributed by atoms with Gasteiger partial charge in [0.25, 0.3) is 0 Å². The van der Waals surface area contributed by atoms with Crippen LogP contribution in [0.4, 0.5) is 0 Å². The number of pyridine rings is 8. The third-order valence-corrected chi connectivity index (χ3v) is 27.2. The third-order valence-electron chi connectivity index (χ3n) is 27.2. The van der Waals surface area contributed by atoms with Gasteiger partial charge in [0.15, 0.2) is 17.5 Å². The van der Waals surface area contributed by atoms with Crippen molar-refractivity contribution in [1.82, 2.24) is 59.4 Å². The Hall–Kier alpha value is -19.4. The normalized spacial score (nSPS) is 11.5. The molecule has 141 heavy (non-hydrogen) atoms. The summed E-state index contributed by atoms with van der Waals surface area (Å²) in [4.78, 5) is 54.0. The largest absolute Gasteiger partial charge is 0.309 e.